The monoisotopic (exact) mass is 350 g/mol. The second-order valence-corrected chi connectivity index (χ2v) is 6.20. The van der Waals surface area contributed by atoms with Crippen LogP contribution in [-0.2, 0) is 9.59 Å². The zero-order chi connectivity index (χ0) is 18.1. The van der Waals surface area contributed by atoms with Gasteiger partial charge >= 0.3 is 0 Å². The minimum absolute atomic E-state index is 0.0805. The zero-order valence-corrected chi connectivity index (χ0v) is 14.2. The lowest BCUT2D eigenvalue weighted by Crippen LogP contribution is -2.28. The van der Waals surface area contributed by atoms with Gasteiger partial charge in [0.1, 0.15) is 5.75 Å². The summed E-state index contributed by atoms with van der Waals surface area (Å²) in [6, 6.07) is 14.8. The van der Waals surface area contributed by atoms with Crippen LogP contribution in [0.3, 0.4) is 0 Å². The van der Waals surface area contributed by atoms with Crippen LogP contribution in [0.5, 0.6) is 5.75 Å². The van der Waals surface area contributed by atoms with Crippen LogP contribution in [0.1, 0.15) is 6.42 Å². The van der Waals surface area contributed by atoms with E-state index in [0.717, 1.165) is 16.7 Å². The Morgan fingerprint density at radius 1 is 1.27 bits per heavy atom. The van der Waals surface area contributed by atoms with Crippen LogP contribution < -0.4 is 15.0 Å². The van der Waals surface area contributed by atoms with E-state index in [0.29, 0.717) is 18.2 Å². The summed E-state index contributed by atoms with van der Waals surface area (Å²) in [6.45, 7) is 0.331. The van der Waals surface area contributed by atoms with Crippen molar-refractivity contribution in [1.82, 2.24) is 9.97 Å². The lowest BCUT2D eigenvalue weighted by molar-refractivity contribution is -0.122. The standard InChI is InChI=1S/C19H18N4O3/c1-26-14-6-4-5-13(10-14)23-11-12(9-17(23)24)18(25)22-19-20-15-7-2-3-8-16(15)21-19/h2-8,10,12H,9,11H2,1H3,(H2,20,21,22,25). The molecule has 1 aromatic heterocycles. The number of H-pyrrole nitrogens is 1. The molecule has 7 nitrogen and oxygen atoms in total. The summed E-state index contributed by atoms with van der Waals surface area (Å²) in [6.07, 6.45) is 0.170. The van der Waals surface area contributed by atoms with Crippen molar-refractivity contribution in [3.05, 3.63) is 48.5 Å². The number of hydrogen-bond donors (Lipinski definition) is 2. The average molecular weight is 350 g/mol. The number of amides is 2. The van der Waals surface area contributed by atoms with E-state index in [1.165, 1.54) is 0 Å². The van der Waals surface area contributed by atoms with Crippen LogP contribution in [0, 0.1) is 5.92 Å². The third-order valence-electron chi connectivity index (χ3n) is 4.49. The lowest BCUT2D eigenvalue weighted by Gasteiger charge is -2.17. The summed E-state index contributed by atoms with van der Waals surface area (Å²) >= 11 is 0. The first-order chi connectivity index (χ1) is 12.6. The van der Waals surface area contributed by atoms with Gasteiger partial charge in [0.05, 0.1) is 24.1 Å². The van der Waals surface area contributed by atoms with E-state index in [1.54, 1.807) is 18.1 Å². The summed E-state index contributed by atoms with van der Waals surface area (Å²) in [5.41, 5.74) is 2.36. The van der Waals surface area contributed by atoms with Crippen LogP contribution in [0.25, 0.3) is 11.0 Å². The molecule has 2 N–H and O–H groups in total. The second-order valence-electron chi connectivity index (χ2n) is 6.20. The van der Waals surface area contributed by atoms with Gasteiger partial charge in [0, 0.05) is 24.7 Å². The van der Waals surface area contributed by atoms with E-state index in [1.807, 2.05) is 42.5 Å². The Bertz CT molecular complexity index is 949. The number of hydrogen-bond acceptors (Lipinski definition) is 4. The molecule has 2 amide bonds. The first kappa shape index (κ1) is 16.1. The highest BCUT2D eigenvalue weighted by atomic mass is 16.5. The Morgan fingerprint density at radius 2 is 2.12 bits per heavy atom. The maximum Gasteiger partial charge on any atom is 0.232 e. The van der Waals surface area contributed by atoms with Crippen LogP contribution in [0.2, 0.25) is 0 Å². The van der Waals surface area contributed by atoms with Crippen molar-refractivity contribution in [2.24, 2.45) is 5.92 Å². The Hall–Kier alpha value is -3.35. The Morgan fingerprint density at radius 3 is 2.92 bits per heavy atom. The number of anilines is 2. The third-order valence-corrected chi connectivity index (χ3v) is 4.49. The molecule has 0 spiro atoms. The summed E-state index contributed by atoms with van der Waals surface area (Å²) in [7, 11) is 1.58. The van der Waals surface area contributed by atoms with Crippen LogP contribution in [0.15, 0.2) is 48.5 Å². The van der Waals surface area contributed by atoms with Gasteiger partial charge in [-0.05, 0) is 24.3 Å². The minimum atomic E-state index is -0.429. The molecule has 1 saturated heterocycles. The van der Waals surface area contributed by atoms with Crippen molar-refractivity contribution in [3.63, 3.8) is 0 Å². The van der Waals surface area contributed by atoms with Gasteiger partial charge in [0.15, 0.2) is 0 Å². The topological polar surface area (TPSA) is 87.3 Å². The molecule has 0 bridgehead atoms. The number of para-hydroxylation sites is 2. The van der Waals surface area contributed by atoms with Crippen molar-refractivity contribution in [2.45, 2.75) is 6.42 Å². The van der Waals surface area contributed by atoms with Crippen molar-refractivity contribution in [2.75, 3.05) is 23.9 Å². The van der Waals surface area contributed by atoms with E-state index < -0.39 is 5.92 Å². The van der Waals surface area contributed by atoms with Crippen LogP contribution in [0.4, 0.5) is 11.6 Å². The van der Waals surface area contributed by atoms with Crippen LogP contribution in [-0.4, -0.2) is 35.4 Å². The molecule has 2 heterocycles. The fourth-order valence-electron chi connectivity index (χ4n) is 3.14. The number of aromatic nitrogens is 2. The molecule has 2 aromatic carbocycles. The molecule has 132 valence electrons. The molecule has 1 aliphatic heterocycles. The minimum Gasteiger partial charge on any atom is -0.497 e. The molecule has 4 rings (SSSR count). The fourth-order valence-corrected chi connectivity index (χ4v) is 3.14. The van der Waals surface area contributed by atoms with E-state index in [-0.39, 0.29) is 18.2 Å². The van der Waals surface area contributed by atoms with E-state index in [9.17, 15) is 9.59 Å². The average Bonchev–Trinajstić information content (AvgIpc) is 3.24. The Labute approximate surface area is 150 Å². The van der Waals surface area contributed by atoms with Gasteiger partial charge in [-0.15, -0.1) is 0 Å². The number of benzene rings is 2. The number of carbonyl (C=O) groups is 2. The van der Waals surface area contributed by atoms with Gasteiger partial charge in [-0.3, -0.25) is 14.9 Å². The first-order valence-corrected chi connectivity index (χ1v) is 8.34. The molecule has 1 aliphatic rings. The third kappa shape index (κ3) is 2.99. The highest BCUT2D eigenvalue weighted by molar-refractivity contribution is 6.03. The fraction of sp³-hybridized carbons (Fsp3) is 0.211. The summed E-state index contributed by atoms with van der Waals surface area (Å²) < 4.78 is 5.20. The molecular weight excluding hydrogens is 332 g/mol. The first-order valence-electron chi connectivity index (χ1n) is 8.34. The molecule has 26 heavy (non-hydrogen) atoms. The number of methoxy groups -OCH3 is 1. The molecule has 7 heteroatoms. The number of carbonyl (C=O) groups excluding carboxylic acids is 2. The van der Waals surface area contributed by atoms with Gasteiger partial charge in [0.2, 0.25) is 17.8 Å². The quantitative estimate of drug-likeness (QED) is 0.757. The maximum atomic E-state index is 12.6. The highest BCUT2D eigenvalue weighted by Gasteiger charge is 2.35. The van der Waals surface area contributed by atoms with Crippen molar-refractivity contribution in [3.8, 4) is 5.75 Å². The summed E-state index contributed by atoms with van der Waals surface area (Å²) in [4.78, 5) is 33.9. The zero-order valence-electron chi connectivity index (χ0n) is 14.2. The van der Waals surface area contributed by atoms with Crippen LogP contribution >= 0.6 is 0 Å². The maximum absolute atomic E-state index is 12.6. The number of nitrogens with zero attached hydrogens (tertiary/aromatic N) is 2. The smallest absolute Gasteiger partial charge is 0.232 e. The number of nitrogens with one attached hydrogen (secondary N) is 2. The van der Waals surface area contributed by atoms with E-state index in [4.69, 9.17) is 4.74 Å². The van der Waals surface area contributed by atoms with Gasteiger partial charge in [-0.25, -0.2) is 4.98 Å². The Kier molecular flexibility index (Phi) is 4.04. The summed E-state index contributed by atoms with van der Waals surface area (Å²) in [5.74, 6) is 0.335. The normalized spacial score (nSPS) is 16.9. The molecular formula is C19H18N4O3. The SMILES string of the molecule is COc1cccc(N2CC(C(=O)Nc3nc4ccccc4[nH]3)CC2=O)c1. The van der Waals surface area contributed by atoms with Crippen molar-refractivity contribution >= 4 is 34.5 Å². The number of rotatable bonds is 4. The van der Waals surface area contributed by atoms with E-state index in [2.05, 4.69) is 15.3 Å². The van der Waals surface area contributed by atoms with Crippen molar-refractivity contribution < 1.29 is 14.3 Å². The second kappa shape index (κ2) is 6.51. The van der Waals surface area contributed by atoms with Gasteiger partial charge in [0.25, 0.3) is 0 Å². The number of ether oxygens (including phenoxy) is 1. The lowest BCUT2D eigenvalue weighted by atomic mass is 10.1. The molecule has 0 aliphatic carbocycles. The highest BCUT2D eigenvalue weighted by Crippen LogP contribution is 2.28. The molecule has 0 radical (unpaired) electrons. The Balaban J connectivity index is 1.48. The van der Waals surface area contributed by atoms with Gasteiger partial charge < -0.3 is 14.6 Å². The predicted octanol–water partition coefficient (Wildman–Crippen LogP) is 2.56. The molecule has 1 fully saturated rings. The molecule has 0 saturated carbocycles. The van der Waals surface area contributed by atoms with Gasteiger partial charge in [-0.2, -0.15) is 0 Å². The largest absolute Gasteiger partial charge is 0.497 e. The number of fused-ring (bicyclic) bond motifs is 1. The van der Waals surface area contributed by atoms with E-state index >= 15 is 0 Å². The van der Waals surface area contributed by atoms with Crippen molar-refractivity contribution in [1.29, 1.82) is 0 Å². The summed E-state index contributed by atoms with van der Waals surface area (Å²) in [5, 5.41) is 2.78. The molecule has 1 atom stereocenters. The molecule has 1 unspecified atom stereocenters. The molecule has 3 aromatic rings. The number of aromatic amines is 1. The number of imidazole rings is 1. The van der Waals surface area contributed by atoms with Gasteiger partial charge in [-0.1, -0.05) is 18.2 Å². The predicted molar refractivity (Wildman–Crippen MR) is 98.2 cm³/mol.